The third-order valence-corrected chi connectivity index (χ3v) is 9.05. The van der Waals surface area contributed by atoms with E-state index in [2.05, 4.69) is 34.5 Å². The number of fused-ring (bicyclic) bond motifs is 1. The van der Waals surface area contributed by atoms with E-state index >= 15 is 0 Å². The number of epoxide rings is 1. The van der Waals surface area contributed by atoms with Gasteiger partial charge in [0.05, 0.1) is 47.8 Å². The highest BCUT2D eigenvalue weighted by atomic mass is 127. The first-order valence-corrected chi connectivity index (χ1v) is 13.9. The summed E-state index contributed by atoms with van der Waals surface area (Å²) in [6, 6.07) is 0. The Morgan fingerprint density at radius 2 is 1.92 bits per heavy atom. The second kappa shape index (κ2) is 11.2. The van der Waals surface area contributed by atoms with Gasteiger partial charge < -0.3 is 24.3 Å². The molecule has 202 valence electrons. The lowest BCUT2D eigenvalue weighted by Gasteiger charge is -2.34. The number of nitrogens with zero attached hydrogens (tertiary/aromatic N) is 2. The van der Waals surface area contributed by atoms with Crippen molar-refractivity contribution in [1.82, 2.24) is 9.55 Å². The molecule has 8 nitrogen and oxygen atoms in total. The molecule has 2 fully saturated rings. The number of carbonyl (C=O) groups excluding carboxylic acids is 2. The van der Waals surface area contributed by atoms with E-state index in [0.29, 0.717) is 6.42 Å². The summed E-state index contributed by atoms with van der Waals surface area (Å²) in [5, 5.41) is 21.7. The normalized spacial score (nSPS) is 36.8. The number of carbonyl (C=O) groups is 2. The number of cyclic esters (lactones) is 1. The van der Waals surface area contributed by atoms with Crippen molar-refractivity contribution < 1.29 is 29.3 Å². The zero-order chi connectivity index (χ0) is 27.0. The third kappa shape index (κ3) is 6.39. The van der Waals surface area contributed by atoms with Crippen LogP contribution in [0.25, 0.3) is 6.08 Å². The number of aliphatic hydroxyl groups is 2. The lowest BCUT2D eigenvalue weighted by molar-refractivity contribution is -0.154. The van der Waals surface area contributed by atoms with Crippen LogP contribution in [0.15, 0.2) is 11.9 Å². The number of hydrogen-bond acceptors (Lipinski definition) is 7. The van der Waals surface area contributed by atoms with Crippen molar-refractivity contribution >= 4 is 40.4 Å². The summed E-state index contributed by atoms with van der Waals surface area (Å²) in [5.41, 5.74) is 0.263. The highest BCUT2D eigenvalue weighted by molar-refractivity contribution is 14.1. The molecule has 1 aromatic heterocycles. The number of hydrogen-bond donors (Lipinski definition) is 2. The lowest BCUT2D eigenvalue weighted by atomic mass is 9.73. The molecule has 2 aliphatic rings. The number of aromatic nitrogens is 2. The second-order valence-electron chi connectivity index (χ2n) is 11.5. The maximum absolute atomic E-state index is 13.2. The first kappa shape index (κ1) is 29.3. The van der Waals surface area contributed by atoms with Crippen LogP contribution in [0, 0.1) is 21.0 Å². The predicted octanol–water partition coefficient (Wildman–Crippen LogP) is 4.05. The number of imidazole rings is 1. The van der Waals surface area contributed by atoms with E-state index in [4.69, 9.17) is 9.47 Å². The number of ether oxygens (including phenoxy) is 2. The van der Waals surface area contributed by atoms with Gasteiger partial charge in [-0.1, -0.05) is 34.1 Å². The van der Waals surface area contributed by atoms with Gasteiger partial charge in [-0.15, -0.1) is 0 Å². The summed E-state index contributed by atoms with van der Waals surface area (Å²) in [6.45, 7) is 10.9. The molecular formula is C27H41IN2O6. The van der Waals surface area contributed by atoms with Gasteiger partial charge in [0.25, 0.3) is 0 Å². The van der Waals surface area contributed by atoms with Crippen LogP contribution in [0.3, 0.4) is 0 Å². The fraction of sp³-hybridized carbons (Fsp3) is 0.741. The molecule has 3 rings (SSSR count). The molecule has 0 aliphatic carbocycles. The average Bonchev–Trinajstić information content (AvgIpc) is 3.34. The molecule has 1 aromatic rings. The predicted molar refractivity (Wildman–Crippen MR) is 145 cm³/mol. The van der Waals surface area contributed by atoms with Gasteiger partial charge >= 0.3 is 5.97 Å². The largest absolute Gasteiger partial charge is 0.458 e. The van der Waals surface area contributed by atoms with Crippen molar-refractivity contribution in [3.05, 3.63) is 21.3 Å². The Morgan fingerprint density at radius 1 is 1.25 bits per heavy atom. The molecule has 2 saturated heterocycles. The maximum Gasteiger partial charge on any atom is 0.309 e. The first-order chi connectivity index (χ1) is 16.7. The number of Topliss-reactive ketones (excluding diaryl/α,β-unsaturated/α-hetero) is 1. The molecule has 0 radical (unpaired) electrons. The summed E-state index contributed by atoms with van der Waals surface area (Å²) in [5.74, 6) is -1.56. The number of aryl methyl sites for hydroxylation is 1. The summed E-state index contributed by atoms with van der Waals surface area (Å²) in [6.07, 6.45) is 3.70. The maximum atomic E-state index is 13.2. The van der Waals surface area contributed by atoms with Crippen molar-refractivity contribution in [3.63, 3.8) is 0 Å². The molecule has 2 N–H and O–H groups in total. The minimum atomic E-state index is -1.24. The SMILES string of the molecule is CC(=Cc1c(I)ncn1C)[C@@H]1C[C@@H]2O[C@]2(C)CCC[C@H](C)[C@H](O)[C@@H](C)C(=O)C(C)(C)[C@@H](O)CC(=O)O1. The Bertz CT molecular complexity index is 985. The van der Waals surface area contributed by atoms with Crippen molar-refractivity contribution in [3.8, 4) is 0 Å². The van der Waals surface area contributed by atoms with Gasteiger partial charge in [-0.05, 0) is 66.8 Å². The first-order valence-electron chi connectivity index (χ1n) is 12.8. The zero-order valence-corrected chi connectivity index (χ0v) is 24.6. The molecule has 0 unspecified atom stereocenters. The zero-order valence-electron chi connectivity index (χ0n) is 22.5. The van der Waals surface area contributed by atoms with Crippen molar-refractivity contribution in [1.29, 1.82) is 0 Å². The number of ketones is 1. The van der Waals surface area contributed by atoms with E-state index < -0.39 is 35.6 Å². The molecule has 0 bridgehead atoms. The van der Waals surface area contributed by atoms with Crippen LogP contribution in [0.4, 0.5) is 0 Å². The average molecular weight is 617 g/mol. The van der Waals surface area contributed by atoms with E-state index in [9.17, 15) is 19.8 Å². The fourth-order valence-electron chi connectivity index (χ4n) is 5.18. The van der Waals surface area contributed by atoms with E-state index in [1.165, 1.54) is 0 Å². The smallest absolute Gasteiger partial charge is 0.309 e. The Kier molecular flexibility index (Phi) is 9.11. The van der Waals surface area contributed by atoms with Crippen LogP contribution in [0.2, 0.25) is 0 Å². The fourth-order valence-corrected chi connectivity index (χ4v) is 5.84. The van der Waals surface area contributed by atoms with Gasteiger partial charge in [0.1, 0.15) is 15.6 Å². The van der Waals surface area contributed by atoms with E-state index in [-0.39, 0.29) is 29.8 Å². The minimum Gasteiger partial charge on any atom is -0.458 e. The van der Waals surface area contributed by atoms with Crippen LogP contribution in [-0.4, -0.2) is 61.5 Å². The van der Waals surface area contributed by atoms with E-state index in [1.54, 1.807) is 27.1 Å². The van der Waals surface area contributed by atoms with Crippen molar-refractivity contribution in [2.24, 2.45) is 24.3 Å². The summed E-state index contributed by atoms with van der Waals surface area (Å²) < 4.78 is 14.7. The Hall–Kier alpha value is -1.30. The number of aliphatic hydroxyl groups excluding tert-OH is 2. The highest BCUT2D eigenvalue weighted by Gasteiger charge is 2.53. The molecule has 0 spiro atoms. The molecule has 9 heteroatoms. The summed E-state index contributed by atoms with van der Waals surface area (Å²) in [7, 11) is 1.91. The molecule has 7 atom stereocenters. The third-order valence-electron chi connectivity index (χ3n) is 8.21. The minimum absolute atomic E-state index is 0.0562. The number of halogens is 1. The molecular weight excluding hydrogens is 575 g/mol. The van der Waals surface area contributed by atoms with E-state index in [0.717, 1.165) is 34.2 Å². The monoisotopic (exact) mass is 616 g/mol. The Labute approximate surface area is 228 Å². The molecule has 0 amide bonds. The van der Waals surface area contributed by atoms with Gasteiger partial charge in [-0.2, -0.15) is 0 Å². The summed E-state index contributed by atoms with van der Waals surface area (Å²) in [4.78, 5) is 30.6. The van der Waals surface area contributed by atoms with Gasteiger partial charge in [0.2, 0.25) is 0 Å². The Morgan fingerprint density at radius 3 is 2.53 bits per heavy atom. The molecule has 2 aliphatic heterocycles. The molecule has 36 heavy (non-hydrogen) atoms. The van der Waals surface area contributed by atoms with Crippen LogP contribution in [0.5, 0.6) is 0 Å². The van der Waals surface area contributed by atoms with E-state index in [1.807, 2.05) is 31.5 Å². The van der Waals surface area contributed by atoms with Gasteiger partial charge in [-0.3, -0.25) is 9.59 Å². The van der Waals surface area contributed by atoms with Crippen LogP contribution in [0.1, 0.15) is 79.3 Å². The molecule has 0 aromatic carbocycles. The van der Waals surface area contributed by atoms with Crippen LogP contribution < -0.4 is 0 Å². The van der Waals surface area contributed by atoms with Crippen LogP contribution in [-0.2, 0) is 26.1 Å². The quantitative estimate of drug-likeness (QED) is 0.293. The second-order valence-corrected chi connectivity index (χ2v) is 12.5. The van der Waals surface area contributed by atoms with Gasteiger partial charge in [0, 0.05) is 19.4 Å². The van der Waals surface area contributed by atoms with Crippen molar-refractivity contribution in [2.45, 2.75) is 104 Å². The van der Waals surface area contributed by atoms with Gasteiger partial charge in [-0.25, -0.2) is 4.98 Å². The lowest BCUT2D eigenvalue weighted by Crippen LogP contribution is -2.45. The topological polar surface area (TPSA) is 114 Å². The van der Waals surface area contributed by atoms with Crippen molar-refractivity contribution in [2.75, 3.05) is 0 Å². The Balaban J connectivity index is 1.88. The standard InChI is InChI=1S/C27H41IN2O6/c1-15-9-8-10-27(6)21(36-27)12-19(16(2)11-18-25(28)29-14-30(18)7)35-22(32)13-20(31)26(4,5)24(34)17(3)23(15)33/h11,14-15,17,19-21,23,31,33H,8-10,12-13H2,1-7H3/t15-,17+,19-,20-,21-,23-,27+/m0/s1. The number of rotatable bonds is 2. The number of esters is 1. The highest BCUT2D eigenvalue weighted by Crippen LogP contribution is 2.45. The van der Waals surface area contributed by atoms with Gasteiger partial charge in [0.15, 0.2) is 0 Å². The molecule has 0 saturated carbocycles. The summed E-state index contributed by atoms with van der Waals surface area (Å²) >= 11 is 2.17. The molecule has 3 heterocycles. The van der Waals surface area contributed by atoms with Crippen LogP contribution >= 0.6 is 22.6 Å².